The van der Waals surface area contributed by atoms with Crippen molar-refractivity contribution >= 4 is 11.8 Å². The van der Waals surface area contributed by atoms with Crippen molar-refractivity contribution in [2.75, 3.05) is 7.11 Å². The lowest BCUT2D eigenvalue weighted by Gasteiger charge is -2.23. The number of ether oxygens (including phenoxy) is 1. The molecule has 2 aromatic rings. The molecule has 1 N–H and O–H groups in total. The minimum Gasteiger partial charge on any atom is -0.496 e. The van der Waals surface area contributed by atoms with E-state index in [1.54, 1.807) is 18.2 Å². The van der Waals surface area contributed by atoms with Crippen molar-refractivity contribution in [2.45, 2.75) is 6.42 Å². The standard InChI is InChI=1S/C16H12FNO4/c1-22-14-8-13-10(7-15(19)18(21)16(13)20)6-12(14)9-2-4-11(17)5-3-9/h2-6,8,21H,7H2,1H3. The first-order valence-electron chi connectivity index (χ1n) is 6.54. The number of carbonyl (C=O) groups excluding carboxylic acids is 2. The third kappa shape index (κ3) is 2.23. The maximum absolute atomic E-state index is 13.0. The Hall–Kier alpha value is -2.73. The van der Waals surface area contributed by atoms with Crippen molar-refractivity contribution in [3.63, 3.8) is 0 Å². The predicted octanol–water partition coefficient (Wildman–Crippen LogP) is 2.42. The molecule has 1 aliphatic rings. The Bertz CT molecular complexity index is 770. The maximum atomic E-state index is 13.0. The van der Waals surface area contributed by atoms with E-state index in [1.165, 1.54) is 25.3 Å². The van der Waals surface area contributed by atoms with Crippen LogP contribution in [0, 0.1) is 5.82 Å². The minimum atomic E-state index is -0.782. The van der Waals surface area contributed by atoms with Gasteiger partial charge in [-0.25, -0.2) is 4.39 Å². The van der Waals surface area contributed by atoms with Crippen LogP contribution in [0.15, 0.2) is 36.4 Å². The molecule has 3 rings (SSSR count). The molecule has 0 unspecified atom stereocenters. The number of carbonyl (C=O) groups is 2. The summed E-state index contributed by atoms with van der Waals surface area (Å²) < 4.78 is 18.3. The van der Waals surface area contributed by atoms with Gasteiger partial charge >= 0.3 is 0 Å². The first kappa shape index (κ1) is 14.2. The second-order valence-corrected chi connectivity index (χ2v) is 4.90. The first-order chi connectivity index (χ1) is 10.5. The van der Waals surface area contributed by atoms with Crippen LogP contribution in [-0.4, -0.2) is 29.2 Å². The average Bonchev–Trinajstić information content (AvgIpc) is 2.52. The molecule has 22 heavy (non-hydrogen) atoms. The summed E-state index contributed by atoms with van der Waals surface area (Å²) in [4.78, 5) is 23.5. The number of halogens is 1. The lowest BCUT2D eigenvalue weighted by Crippen LogP contribution is -2.39. The number of imide groups is 1. The number of hydroxylamine groups is 2. The quantitative estimate of drug-likeness (QED) is 0.683. The zero-order valence-corrected chi connectivity index (χ0v) is 11.7. The predicted molar refractivity (Wildman–Crippen MR) is 75.1 cm³/mol. The van der Waals surface area contributed by atoms with Gasteiger partial charge in [0.2, 0.25) is 0 Å². The van der Waals surface area contributed by atoms with E-state index in [-0.39, 0.29) is 22.9 Å². The lowest BCUT2D eigenvalue weighted by atomic mass is 9.93. The summed E-state index contributed by atoms with van der Waals surface area (Å²) in [5.41, 5.74) is 2.06. The topological polar surface area (TPSA) is 66.8 Å². The van der Waals surface area contributed by atoms with E-state index in [0.717, 1.165) is 0 Å². The van der Waals surface area contributed by atoms with E-state index >= 15 is 0 Å². The molecule has 0 aliphatic carbocycles. The van der Waals surface area contributed by atoms with Crippen LogP contribution in [0.4, 0.5) is 4.39 Å². The summed E-state index contributed by atoms with van der Waals surface area (Å²) in [5.74, 6) is -1.42. The van der Waals surface area contributed by atoms with Gasteiger partial charge in [0.25, 0.3) is 11.8 Å². The van der Waals surface area contributed by atoms with Crippen molar-refractivity contribution in [2.24, 2.45) is 0 Å². The summed E-state index contributed by atoms with van der Waals surface area (Å²) in [7, 11) is 1.45. The molecule has 0 spiro atoms. The molecule has 0 saturated heterocycles. The minimum absolute atomic E-state index is 0.0875. The van der Waals surface area contributed by atoms with Gasteiger partial charge in [0.15, 0.2) is 0 Å². The van der Waals surface area contributed by atoms with Gasteiger partial charge in [0.1, 0.15) is 11.6 Å². The molecule has 0 radical (unpaired) electrons. The molecular weight excluding hydrogens is 289 g/mol. The Morgan fingerprint density at radius 1 is 1.14 bits per heavy atom. The highest BCUT2D eigenvalue weighted by atomic mass is 19.1. The molecule has 2 aromatic carbocycles. The summed E-state index contributed by atoms with van der Waals surface area (Å²) >= 11 is 0. The van der Waals surface area contributed by atoms with E-state index in [0.29, 0.717) is 22.4 Å². The molecule has 5 nitrogen and oxygen atoms in total. The molecule has 0 aromatic heterocycles. The third-order valence-electron chi connectivity index (χ3n) is 3.58. The number of hydrogen-bond donors (Lipinski definition) is 1. The normalized spacial score (nSPS) is 14.0. The van der Waals surface area contributed by atoms with Gasteiger partial charge in [0.05, 0.1) is 13.5 Å². The molecule has 112 valence electrons. The second-order valence-electron chi connectivity index (χ2n) is 4.90. The van der Waals surface area contributed by atoms with Gasteiger partial charge in [0, 0.05) is 11.1 Å². The molecule has 0 bridgehead atoms. The van der Waals surface area contributed by atoms with E-state index in [9.17, 15) is 19.2 Å². The maximum Gasteiger partial charge on any atom is 0.285 e. The van der Waals surface area contributed by atoms with E-state index in [4.69, 9.17) is 4.74 Å². The summed E-state index contributed by atoms with van der Waals surface area (Å²) in [6.45, 7) is 0. The highest BCUT2D eigenvalue weighted by molar-refractivity contribution is 6.09. The molecule has 1 heterocycles. The number of methoxy groups -OCH3 is 1. The van der Waals surface area contributed by atoms with Crippen molar-refractivity contribution in [1.82, 2.24) is 5.06 Å². The van der Waals surface area contributed by atoms with Crippen LogP contribution < -0.4 is 4.74 Å². The molecule has 6 heteroatoms. The molecule has 2 amide bonds. The Labute approximate surface area is 125 Å². The van der Waals surface area contributed by atoms with Gasteiger partial charge < -0.3 is 4.74 Å². The molecule has 0 atom stereocenters. The summed E-state index contributed by atoms with van der Waals surface area (Å²) in [6, 6.07) is 8.95. The Kier molecular flexibility index (Phi) is 3.38. The summed E-state index contributed by atoms with van der Waals surface area (Å²) in [6.07, 6.45) is -0.0875. The first-order valence-corrected chi connectivity index (χ1v) is 6.54. The fourth-order valence-electron chi connectivity index (χ4n) is 2.46. The van der Waals surface area contributed by atoms with Crippen LogP contribution in [0.1, 0.15) is 15.9 Å². The second kappa shape index (κ2) is 5.23. The molecule has 0 fully saturated rings. The Morgan fingerprint density at radius 3 is 2.45 bits per heavy atom. The Balaban J connectivity index is 2.17. The molecule has 0 saturated carbocycles. The number of rotatable bonds is 2. The number of amides is 2. The van der Waals surface area contributed by atoms with E-state index < -0.39 is 11.8 Å². The SMILES string of the molecule is COc1cc2c(cc1-c1ccc(F)cc1)CC(=O)N(O)C2=O. The van der Waals surface area contributed by atoms with Crippen LogP contribution in [0.5, 0.6) is 5.75 Å². The van der Waals surface area contributed by atoms with Crippen LogP contribution in [0.2, 0.25) is 0 Å². The zero-order chi connectivity index (χ0) is 15.9. The zero-order valence-electron chi connectivity index (χ0n) is 11.7. The third-order valence-corrected chi connectivity index (χ3v) is 3.58. The van der Waals surface area contributed by atoms with Crippen LogP contribution in [0.3, 0.4) is 0 Å². The van der Waals surface area contributed by atoms with Crippen molar-refractivity contribution in [3.05, 3.63) is 53.3 Å². The van der Waals surface area contributed by atoms with Crippen LogP contribution in [0.25, 0.3) is 11.1 Å². The lowest BCUT2D eigenvalue weighted by molar-refractivity contribution is -0.153. The van der Waals surface area contributed by atoms with Crippen molar-refractivity contribution in [1.29, 1.82) is 0 Å². The molecule has 1 aliphatic heterocycles. The van der Waals surface area contributed by atoms with Gasteiger partial charge in [-0.1, -0.05) is 12.1 Å². The van der Waals surface area contributed by atoms with Crippen LogP contribution >= 0.6 is 0 Å². The largest absolute Gasteiger partial charge is 0.496 e. The van der Waals surface area contributed by atoms with Crippen molar-refractivity contribution in [3.8, 4) is 16.9 Å². The summed E-state index contributed by atoms with van der Waals surface area (Å²) in [5, 5.41) is 9.54. The van der Waals surface area contributed by atoms with Crippen LogP contribution in [-0.2, 0) is 11.2 Å². The monoisotopic (exact) mass is 301 g/mol. The Morgan fingerprint density at radius 2 is 1.82 bits per heavy atom. The van der Waals surface area contributed by atoms with E-state index in [2.05, 4.69) is 0 Å². The number of fused-ring (bicyclic) bond motifs is 1. The fourth-order valence-corrected chi connectivity index (χ4v) is 2.46. The smallest absolute Gasteiger partial charge is 0.285 e. The number of hydrogen-bond acceptors (Lipinski definition) is 4. The fraction of sp³-hybridized carbons (Fsp3) is 0.125. The van der Waals surface area contributed by atoms with Gasteiger partial charge in [-0.05, 0) is 35.4 Å². The van der Waals surface area contributed by atoms with E-state index in [1.807, 2.05) is 0 Å². The van der Waals surface area contributed by atoms with Gasteiger partial charge in [-0.2, -0.15) is 5.06 Å². The molecular formula is C16H12FNO4. The highest BCUT2D eigenvalue weighted by Crippen LogP contribution is 2.35. The highest BCUT2D eigenvalue weighted by Gasteiger charge is 2.31. The van der Waals surface area contributed by atoms with Crippen molar-refractivity contribution < 1.29 is 23.9 Å². The number of benzene rings is 2. The van der Waals surface area contributed by atoms with Gasteiger partial charge in [-0.15, -0.1) is 0 Å². The number of nitrogens with zero attached hydrogens (tertiary/aromatic N) is 1. The van der Waals surface area contributed by atoms with Gasteiger partial charge in [-0.3, -0.25) is 14.8 Å². The average molecular weight is 301 g/mol.